The molecule has 2 heterocycles. The molecule has 6 nitrogen and oxygen atoms in total. The van der Waals surface area contributed by atoms with E-state index in [1.54, 1.807) is 12.3 Å². The third-order valence-electron chi connectivity index (χ3n) is 3.27. The zero-order chi connectivity index (χ0) is 15.2. The van der Waals surface area contributed by atoms with Crippen LogP contribution in [0.3, 0.4) is 0 Å². The summed E-state index contributed by atoms with van der Waals surface area (Å²) in [6, 6.07) is 5.70. The lowest BCUT2D eigenvalue weighted by Crippen LogP contribution is -2.30. The zero-order valence-electron chi connectivity index (χ0n) is 12.5. The van der Waals surface area contributed by atoms with Gasteiger partial charge in [0, 0.05) is 18.7 Å². The summed E-state index contributed by atoms with van der Waals surface area (Å²) >= 11 is 0. The Morgan fingerprint density at radius 1 is 1.33 bits per heavy atom. The first kappa shape index (κ1) is 15.3. The van der Waals surface area contributed by atoms with Crippen LogP contribution in [0.2, 0.25) is 0 Å². The van der Waals surface area contributed by atoms with Crippen molar-refractivity contribution in [1.82, 2.24) is 10.2 Å². The van der Waals surface area contributed by atoms with Gasteiger partial charge < -0.3 is 18.9 Å². The van der Waals surface area contributed by atoms with Crippen LogP contribution in [0.15, 0.2) is 39.6 Å². The molecular weight excluding hydrogens is 272 g/mol. The van der Waals surface area contributed by atoms with Gasteiger partial charge in [-0.3, -0.25) is 4.90 Å². The molecule has 0 saturated heterocycles. The summed E-state index contributed by atoms with van der Waals surface area (Å²) in [7, 11) is 5.32. The van der Waals surface area contributed by atoms with Crippen molar-refractivity contribution in [3.63, 3.8) is 0 Å². The Bertz CT molecular complexity index is 560. The van der Waals surface area contributed by atoms with Crippen LogP contribution in [0.25, 0.3) is 0 Å². The number of ether oxygens (including phenoxy) is 1. The molecule has 1 N–H and O–H groups in total. The van der Waals surface area contributed by atoms with Crippen LogP contribution in [0.1, 0.15) is 27.9 Å². The molecule has 0 bridgehead atoms. The van der Waals surface area contributed by atoms with Gasteiger partial charge in [-0.15, -0.1) is 0 Å². The summed E-state index contributed by atoms with van der Waals surface area (Å²) < 4.78 is 15.3. The summed E-state index contributed by atoms with van der Waals surface area (Å²) in [5, 5.41) is 3.31. The van der Waals surface area contributed by atoms with Crippen LogP contribution < -0.4 is 5.32 Å². The minimum absolute atomic E-state index is 0.119. The molecule has 0 spiro atoms. The molecule has 0 amide bonds. The predicted molar refractivity (Wildman–Crippen MR) is 76.9 cm³/mol. The molecule has 114 valence electrons. The number of furan rings is 2. The molecule has 2 aromatic rings. The molecule has 0 aromatic carbocycles. The second kappa shape index (κ2) is 7.10. The first-order valence-corrected chi connectivity index (χ1v) is 6.68. The Balaban J connectivity index is 1.94. The van der Waals surface area contributed by atoms with Crippen molar-refractivity contribution in [3.05, 3.63) is 47.8 Å². The first-order chi connectivity index (χ1) is 10.1. The van der Waals surface area contributed by atoms with Crippen LogP contribution in [0.5, 0.6) is 0 Å². The van der Waals surface area contributed by atoms with Crippen LogP contribution in [-0.2, 0) is 11.3 Å². The smallest absolute Gasteiger partial charge is 0.374 e. The maximum absolute atomic E-state index is 11.5. The number of methoxy groups -OCH3 is 1. The SMILES string of the molecule is COC(=O)c1occc1CNCC(c1ccco1)N(C)C. The monoisotopic (exact) mass is 292 g/mol. The standard InChI is InChI=1S/C15H20N2O4/c1-17(2)12(13-5-4-7-20-13)10-16-9-11-6-8-21-14(11)15(18)19-3/h4-8,12,16H,9-10H2,1-3H3. The van der Waals surface area contributed by atoms with Crippen molar-refractivity contribution in [3.8, 4) is 0 Å². The largest absolute Gasteiger partial charge is 0.468 e. The number of nitrogens with zero attached hydrogens (tertiary/aromatic N) is 1. The van der Waals surface area contributed by atoms with Gasteiger partial charge in [0.15, 0.2) is 0 Å². The average Bonchev–Trinajstić information content (AvgIpc) is 3.13. The topological polar surface area (TPSA) is 67.8 Å². The average molecular weight is 292 g/mol. The third kappa shape index (κ3) is 3.74. The highest BCUT2D eigenvalue weighted by molar-refractivity contribution is 5.87. The number of carbonyl (C=O) groups excluding carboxylic acids is 1. The van der Waals surface area contributed by atoms with Gasteiger partial charge in [-0.05, 0) is 32.3 Å². The van der Waals surface area contributed by atoms with Crippen LogP contribution >= 0.6 is 0 Å². The molecule has 0 radical (unpaired) electrons. The Morgan fingerprint density at radius 2 is 2.14 bits per heavy atom. The fraction of sp³-hybridized carbons (Fsp3) is 0.400. The molecule has 21 heavy (non-hydrogen) atoms. The van der Waals surface area contributed by atoms with E-state index in [0.29, 0.717) is 13.1 Å². The van der Waals surface area contributed by atoms with Gasteiger partial charge in [0.2, 0.25) is 5.76 Å². The lowest BCUT2D eigenvalue weighted by molar-refractivity contribution is 0.0563. The van der Waals surface area contributed by atoms with Gasteiger partial charge in [0.05, 0.1) is 25.7 Å². The van der Waals surface area contributed by atoms with Gasteiger partial charge >= 0.3 is 5.97 Å². The van der Waals surface area contributed by atoms with Crippen molar-refractivity contribution >= 4 is 5.97 Å². The molecule has 0 saturated carbocycles. The molecule has 0 fully saturated rings. The maximum Gasteiger partial charge on any atom is 0.374 e. The number of rotatable bonds is 7. The zero-order valence-corrected chi connectivity index (χ0v) is 12.5. The third-order valence-corrected chi connectivity index (χ3v) is 3.27. The summed E-state index contributed by atoms with van der Waals surface area (Å²) in [6.45, 7) is 1.21. The Labute approximate surface area is 123 Å². The van der Waals surface area contributed by atoms with E-state index in [1.165, 1.54) is 13.4 Å². The second-order valence-corrected chi connectivity index (χ2v) is 4.89. The Kier molecular flexibility index (Phi) is 5.19. The lowest BCUT2D eigenvalue weighted by atomic mass is 10.2. The van der Waals surface area contributed by atoms with Crippen molar-refractivity contribution < 1.29 is 18.4 Å². The Morgan fingerprint density at radius 3 is 2.76 bits per heavy atom. The van der Waals surface area contributed by atoms with Crippen LogP contribution in [-0.4, -0.2) is 38.6 Å². The summed E-state index contributed by atoms with van der Waals surface area (Å²) in [6.07, 6.45) is 3.15. The quantitative estimate of drug-likeness (QED) is 0.788. The number of nitrogens with one attached hydrogen (secondary N) is 1. The van der Waals surface area contributed by atoms with E-state index in [2.05, 4.69) is 15.0 Å². The molecule has 2 rings (SSSR count). The molecule has 0 aliphatic rings. The van der Waals surface area contributed by atoms with Gasteiger partial charge in [0.25, 0.3) is 0 Å². The van der Waals surface area contributed by atoms with Gasteiger partial charge in [-0.2, -0.15) is 0 Å². The summed E-state index contributed by atoms with van der Waals surface area (Å²) in [4.78, 5) is 13.6. The van der Waals surface area contributed by atoms with E-state index in [1.807, 2.05) is 26.2 Å². The fourth-order valence-corrected chi connectivity index (χ4v) is 2.11. The first-order valence-electron chi connectivity index (χ1n) is 6.68. The number of hydrogen-bond donors (Lipinski definition) is 1. The molecular formula is C15H20N2O4. The van der Waals surface area contributed by atoms with Crippen molar-refractivity contribution in [2.24, 2.45) is 0 Å². The van der Waals surface area contributed by atoms with E-state index in [9.17, 15) is 4.79 Å². The highest BCUT2D eigenvalue weighted by Gasteiger charge is 2.18. The van der Waals surface area contributed by atoms with Gasteiger partial charge in [-0.25, -0.2) is 4.79 Å². The summed E-state index contributed by atoms with van der Waals surface area (Å²) in [5.41, 5.74) is 0.777. The lowest BCUT2D eigenvalue weighted by Gasteiger charge is -2.22. The predicted octanol–water partition coefficient (Wildman–Crippen LogP) is 2.05. The number of hydrogen-bond acceptors (Lipinski definition) is 6. The van der Waals surface area contributed by atoms with Crippen molar-refractivity contribution in [1.29, 1.82) is 0 Å². The van der Waals surface area contributed by atoms with Crippen molar-refractivity contribution in [2.75, 3.05) is 27.7 Å². The highest BCUT2D eigenvalue weighted by atomic mass is 16.5. The minimum atomic E-state index is -0.466. The van der Waals surface area contributed by atoms with E-state index < -0.39 is 5.97 Å². The van der Waals surface area contributed by atoms with Gasteiger partial charge in [0.1, 0.15) is 5.76 Å². The minimum Gasteiger partial charge on any atom is -0.468 e. The maximum atomic E-state index is 11.5. The van der Waals surface area contributed by atoms with Crippen molar-refractivity contribution in [2.45, 2.75) is 12.6 Å². The molecule has 1 unspecified atom stereocenters. The fourth-order valence-electron chi connectivity index (χ4n) is 2.11. The van der Waals surface area contributed by atoms with Gasteiger partial charge in [-0.1, -0.05) is 0 Å². The number of esters is 1. The van der Waals surface area contributed by atoms with E-state index >= 15 is 0 Å². The molecule has 0 aliphatic carbocycles. The number of likely N-dealkylation sites (N-methyl/N-ethyl adjacent to an activating group) is 1. The van der Waals surface area contributed by atoms with E-state index in [4.69, 9.17) is 8.83 Å². The van der Waals surface area contributed by atoms with Crippen LogP contribution in [0.4, 0.5) is 0 Å². The molecule has 1 atom stereocenters. The van der Waals surface area contributed by atoms with E-state index in [-0.39, 0.29) is 11.8 Å². The second-order valence-electron chi connectivity index (χ2n) is 4.89. The molecule has 6 heteroatoms. The normalized spacial score (nSPS) is 12.6. The highest BCUT2D eigenvalue weighted by Crippen LogP contribution is 2.18. The molecule has 0 aliphatic heterocycles. The van der Waals surface area contributed by atoms with E-state index in [0.717, 1.165) is 11.3 Å². The Hall–Kier alpha value is -2.05. The molecule has 2 aromatic heterocycles. The summed E-state index contributed by atoms with van der Waals surface area (Å²) in [5.74, 6) is 0.671. The number of carbonyl (C=O) groups is 1. The van der Waals surface area contributed by atoms with Crippen LogP contribution in [0, 0.1) is 0 Å².